The summed E-state index contributed by atoms with van der Waals surface area (Å²) in [5, 5.41) is 2.77. The fraction of sp³-hybridized carbons (Fsp3) is 0.611. The van der Waals surface area contributed by atoms with Crippen LogP contribution in [-0.2, 0) is 10.0 Å². The van der Waals surface area contributed by atoms with Crippen molar-refractivity contribution < 1.29 is 17.6 Å². The molecular weight excluding hydrogens is 371 g/mol. The van der Waals surface area contributed by atoms with E-state index in [4.69, 9.17) is 0 Å². The van der Waals surface area contributed by atoms with Crippen molar-refractivity contribution in [3.05, 3.63) is 29.6 Å². The number of rotatable bonds is 8. The van der Waals surface area contributed by atoms with Crippen molar-refractivity contribution in [1.29, 1.82) is 0 Å². The first-order valence-corrected chi connectivity index (χ1v) is 10.7. The molecule has 7 nitrogen and oxygen atoms in total. The maximum Gasteiger partial charge on any atom is 0.251 e. The number of piperazine rings is 1. The molecule has 0 radical (unpaired) electrons. The van der Waals surface area contributed by atoms with Crippen LogP contribution >= 0.6 is 0 Å². The number of nitrogens with one attached hydrogen (secondary N) is 2. The Hall–Kier alpha value is -1.55. The topological polar surface area (TPSA) is 81.7 Å². The zero-order chi connectivity index (χ0) is 20.0. The van der Waals surface area contributed by atoms with Gasteiger partial charge < -0.3 is 15.1 Å². The first-order valence-electron chi connectivity index (χ1n) is 9.20. The van der Waals surface area contributed by atoms with Crippen molar-refractivity contribution in [2.75, 3.05) is 46.3 Å². The second kappa shape index (κ2) is 9.59. The summed E-state index contributed by atoms with van der Waals surface area (Å²) in [6.07, 6.45) is 0.802. The molecule has 0 unspecified atom stereocenters. The zero-order valence-corrected chi connectivity index (χ0v) is 17.0. The van der Waals surface area contributed by atoms with Gasteiger partial charge in [0.15, 0.2) is 0 Å². The summed E-state index contributed by atoms with van der Waals surface area (Å²) in [5.41, 5.74) is 0.125. The van der Waals surface area contributed by atoms with Gasteiger partial charge in [0, 0.05) is 44.3 Å². The minimum absolute atomic E-state index is 0.125. The lowest BCUT2D eigenvalue weighted by molar-refractivity contribution is 0.0949. The lowest BCUT2D eigenvalue weighted by Crippen LogP contribution is -2.45. The molecule has 0 saturated carbocycles. The number of sulfonamides is 1. The Balaban J connectivity index is 1.90. The number of benzene rings is 1. The average molecular weight is 401 g/mol. The van der Waals surface area contributed by atoms with Crippen molar-refractivity contribution in [1.82, 2.24) is 19.8 Å². The average Bonchev–Trinajstić information content (AvgIpc) is 2.59. The van der Waals surface area contributed by atoms with Crippen LogP contribution in [0.25, 0.3) is 0 Å². The van der Waals surface area contributed by atoms with Gasteiger partial charge in [-0.25, -0.2) is 17.5 Å². The minimum atomic E-state index is -4.01. The van der Waals surface area contributed by atoms with Crippen LogP contribution in [0.1, 0.15) is 30.6 Å². The highest BCUT2D eigenvalue weighted by Crippen LogP contribution is 2.17. The maximum absolute atomic E-state index is 14.0. The third-order valence-electron chi connectivity index (χ3n) is 4.41. The Morgan fingerprint density at radius 2 is 1.89 bits per heavy atom. The largest absolute Gasteiger partial charge is 0.352 e. The van der Waals surface area contributed by atoms with Gasteiger partial charge >= 0.3 is 0 Å². The number of amides is 1. The molecular formula is C18H29FN4O3S. The Bertz CT molecular complexity index is 747. The fourth-order valence-corrected chi connectivity index (χ4v) is 4.26. The number of carbonyl (C=O) groups excluding carboxylic acids is 1. The number of likely N-dealkylation sites (N-methyl/N-ethyl adjacent to an activating group) is 1. The number of hydrogen-bond acceptors (Lipinski definition) is 5. The van der Waals surface area contributed by atoms with Crippen molar-refractivity contribution in [3.63, 3.8) is 0 Å². The van der Waals surface area contributed by atoms with Crippen LogP contribution in [0.3, 0.4) is 0 Å². The second-order valence-corrected chi connectivity index (χ2v) is 8.86. The summed E-state index contributed by atoms with van der Waals surface area (Å²) < 4.78 is 40.7. The van der Waals surface area contributed by atoms with Gasteiger partial charge in [-0.3, -0.25) is 4.79 Å². The van der Waals surface area contributed by atoms with Crippen LogP contribution in [0.2, 0.25) is 0 Å². The summed E-state index contributed by atoms with van der Waals surface area (Å²) >= 11 is 0. The van der Waals surface area contributed by atoms with Gasteiger partial charge in [0.05, 0.1) is 0 Å². The van der Waals surface area contributed by atoms with Gasteiger partial charge in [0.1, 0.15) is 10.7 Å². The van der Waals surface area contributed by atoms with Crippen LogP contribution < -0.4 is 10.0 Å². The van der Waals surface area contributed by atoms with Crippen molar-refractivity contribution in [2.24, 2.45) is 0 Å². The number of halogens is 1. The van der Waals surface area contributed by atoms with E-state index in [1.54, 1.807) is 13.8 Å². The molecule has 27 heavy (non-hydrogen) atoms. The standard InChI is InChI=1S/C18H29FN4O3S/c1-14(2)21-27(25,26)17-13-15(5-6-16(17)19)18(24)20-7-4-8-23-11-9-22(3)10-12-23/h5-6,13-14,21H,4,7-12H2,1-3H3,(H,20,24). The van der Waals surface area contributed by atoms with Gasteiger partial charge in [-0.1, -0.05) is 0 Å². The van der Waals surface area contributed by atoms with Crippen molar-refractivity contribution in [2.45, 2.75) is 31.2 Å². The van der Waals surface area contributed by atoms with Gasteiger partial charge in [0.2, 0.25) is 10.0 Å². The molecule has 0 atom stereocenters. The van der Waals surface area contributed by atoms with E-state index < -0.39 is 26.6 Å². The molecule has 2 N–H and O–H groups in total. The second-order valence-electron chi connectivity index (χ2n) is 7.18. The van der Waals surface area contributed by atoms with Crippen molar-refractivity contribution in [3.8, 4) is 0 Å². The molecule has 0 aliphatic carbocycles. The highest BCUT2D eigenvalue weighted by molar-refractivity contribution is 7.89. The number of hydrogen-bond donors (Lipinski definition) is 2. The fourth-order valence-electron chi connectivity index (χ4n) is 2.90. The minimum Gasteiger partial charge on any atom is -0.352 e. The SMILES string of the molecule is CC(C)NS(=O)(=O)c1cc(C(=O)NCCCN2CCN(C)CC2)ccc1F. The molecule has 1 aliphatic rings. The summed E-state index contributed by atoms with van der Waals surface area (Å²) in [5.74, 6) is -1.29. The predicted octanol–water partition coefficient (Wildman–Crippen LogP) is 0.880. The molecule has 1 heterocycles. The van der Waals surface area contributed by atoms with Gasteiger partial charge in [0.25, 0.3) is 5.91 Å². The van der Waals surface area contributed by atoms with Crippen LogP contribution in [0.5, 0.6) is 0 Å². The maximum atomic E-state index is 14.0. The monoisotopic (exact) mass is 400 g/mol. The molecule has 1 saturated heterocycles. The lowest BCUT2D eigenvalue weighted by Gasteiger charge is -2.32. The van der Waals surface area contributed by atoms with E-state index in [1.165, 1.54) is 6.07 Å². The van der Waals surface area contributed by atoms with E-state index in [9.17, 15) is 17.6 Å². The third-order valence-corrected chi connectivity index (χ3v) is 6.08. The summed E-state index contributed by atoms with van der Waals surface area (Å²) in [6, 6.07) is 3.00. The van der Waals surface area contributed by atoms with Crippen LogP contribution in [-0.4, -0.2) is 76.5 Å². The quantitative estimate of drug-likeness (QED) is 0.633. The van der Waals surface area contributed by atoms with E-state index in [2.05, 4.69) is 26.9 Å². The zero-order valence-electron chi connectivity index (χ0n) is 16.2. The highest BCUT2D eigenvalue weighted by atomic mass is 32.2. The van der Waals surface area contributed by atoms with E-state index in [0.29, 0.717) is 6.54 Å². The van der Waals surface area contributed by atoms with E-state index in [-0.39, 0.29) is 11.6 Å². The molecule has 152 valence electrons. The summed E-state index contributed by atoms with van der Waals surface area (Å²) in [6.45, 7) is 8.80. The number of carbonyl (C=O) groups is 1. The Labute approximate surface area is 161 Å². The van der Waals surface area contributed by atoms with Crippen LogP contribution in [0.4, 0.5) is 4.39 Å². The van der Waals surface area contributed by atoms with Gasteiger partial charge in [-0.2, -0.15) is 0 Å². The molecule has 1 fully saturated rings. The Kier molecular flexibility index (Phi) is 7.72. The van der Waals surface area contributed by atoms with Crippen LogP contribution in [0.15, 0.2) is 23.1 Å². The molecule has 1 aliphatic heterocycles. The molecule has 1 aromatic rings. The molecule has 2 rings (SSSR count). The summed E-state index contributed by atoms with van der Waals surface area (Å²) in [7, 11) is -1.90. The molecule has 0 spiro atoms. The van der Waals surface area contributed by atoms with Crippen LogP contribution in [0, 0.1) is 5.82 Å². The van der Waals surface area contributed by atoms with Gasteiger partial charge in [-0.15, -0.1) is 0 Å². The third kappa shape index (κ3) is 6.53. The Morgan fingerprint density at radius 1 is 1.22 bits per heavy atom. The molecule has 0 bridgehead atoms. The molecule has 9 heteroatoms. The normalized spacial score (nSPS) is 16.6. The Morgan fingerprint density at radius 3 is 2.52 bits per heavy atom. The smallest absolute Gasteiger partial charge is 0.251 e. The summed E-state index contributed by atoms with van der Waals surface area (Å²) in [4.78, 5) is 16.4. The van der Waals surface area contributed by atoms with Crippen molar-refractivity contribution >= 4 is 15.9 Å². The van der Waals surface area contributed by atoms with Gasteiger partial charge in [-0.05, 0) is 52.1 Å². The lowest BCUT2D eigenvalue weighted by atomic mass is 10.2. The van der Waals surface area contributed by atoms with E-state index in [0.717, 1.165) is 51.3 Å². The van der Waals surface area contributed by atoms with E-state index in [1.807, 2.05) is 0 Å². The first-order chi connectivity index (χ1) is 12.7. The number of nitrogens with zero attached hydrogens (tertiary/aromatic N) is 2. The predicted molar refractivity (Wildman–Crippen MR) is 103 cm³/mol. The molecule has 1 amide bonds. The first kappa shape index (κ1) is 21.7. The highest BCUT2D eigenvalue weighted by Gasteiger charge is 2.22. The van der Waals surface area contributed by atoms with E-state index >= 15 is 0 Å². The molecule has 0 aromatic heterocycles. The molecule has 1 aromatic carbocycles.